The van der Waals surface area contributed by atoms with Gasteiger partial charge in [-0.25, -0.2) is 0 Å². The molecular weight excluding hydrogens is 313 g/mol. The van der Waals surface area contributed by atoms with Gasteiger partial charge in [0.2, 0.25) is 0 Å². The standard InChI is InChI=1S/C11H19F3N2O4S/c1-16(7-6-10(17)18)21(19,20)15-9-5-3-2-4-8(9)11(12,13)14/h8-9,15H,2-7H2,1H3,(H,17,18). The summed E-state index contributed by atoms with van der Waals surface area (Å²) in [5.74, 6) is -2.88. The van der Waals surface area contributed by atoms with E-state index in [1.807, 2.05) is 0 Å². The maximum atomic E-state index is 12.9. The number of halogens is 3. The summed E-state index contributed by atoms with van der Waals surface area (Å²) < 4.78 is 65.3. The third kappa shape index (κ3) is 5.44. The summed E-state index contributed by atoms with van der Waals surface area (Å²) in [7, 11) is -2.99. The Bertz CT molecular complexity index is 467. The van der Waals surface area contributed by atoms with E-state index < -0.39 is 40.7 Å². The van der Waals surface area contributed by atoms with Crippen molar-refractivity contribution >= 4 is 16.2 Å². The van der Waals surface area contributed by atoms with Crippen LogP contribution in [-0.2, 0) is 15.0 Å². The van der Waals surface area contributed by atoms with Gasteiger partial charge in [0, 0.05) is 19.6 Å². The zero-order chi connectivity index (χ0) is 16.3. The van der Waals surface area contributed by atoms with Crippen molar-refractivity contribution in [1.29, 1.82) is 0 Å². The predicted molar refractivity (Wildman–Crippen MR) is 68.7 cm³/mol. The molecule has 6 nitrogen and oxygen atoms in total. The van der Waals surface area contributed by atoms with Crippen LogP contribution < -0.4 is 4.72 Å². The molecule has 1 rings (SSSR count). The Kier molecular flexibility index (Phi) is 6.00. The first-order chi connectivity index (χ1) is 9.54. The molecule has 0 heterocycles. The van der Waals surface area contributed by atoms with Crippen LogP contribution in [0.4, 0.5) is 13.2 Å². The van der Waals surface area contributed by atoms with Gasteiger partial charge in [0.1, 0.15) is 0 Å². The van der Waals surface area contributed by atoms with Gasteiger partial charge < -0.3 is 5.11 Å². The second kappa shape index (κ2) is 6.93. The van der Waals surface area contributed by atoms with Crippen molar-refractivity contribution in [1.82, 2.24) is 9.03 Å². The number of hydrogen-bond acceptors (Lipinski definition) is 3. The van der Waals surface area contributed by atoms with E-state index in [0.717, 1.165) is 11.4 Å². The first-order valence-electron chi connectivity index (χ1n) is 6.56. The molecule has 2 atom stereocenters. The molecule has 0 spiro atoms. The molecule has 0 radical (unpaired) electrons. The quantitative estimate of drug-likeness (QED) is 0.769. The highest BCUT2D eigenvalue weighted by Crippen LogP contribution is 2.38. The monoisotopic (exact) mass is 332 g/mol. The summed E-state index contributed by atoms with van der Waals surface area (Å²) in [4.78, 5) is 10.4. The molecule has 2 unspecified atom stereocenters. The Balaban J connectivity index is 2.74. The average Bonchev–Trinajstić information content (AvgIpc) is 2.34. The Morgan fingerprint density at radius 1 is 1.33 bits per heavy atom. The highest BCUT2D eigenvalue weighted by Gasteiger charge is 2.46. The number of nitrogens with one attached hydrogen (secondary N) is 1. The van der Waals surface area contributed by atoms with E-state index in [4.69, 9.17) is 5.11 Å². The van der Waals surface area contributed by atoms with Gasteiger partial charge in [-0.05, 0) is 12.8 Å². The van der Waals surface area contributed by atoms with Gasteiger partial charge in [0.15, 0.2) is 0 Å². The number of rotatable bonds is 6. The van der Waals surface area contributed by atoms with Crippen molar-refractivity contribution in [2.45, 2.75) is 44.3 Å². The number of carboxylic acids is 1. The van der Waals surface area contributed by atoms with E-state index in [9.17, 15) is 26.4 Å². The number of aliphatic carboxylic acids is 1. The second-order valence-corrected chi connectivity index (χ2v) is 6.94. The Labute approximate surface area is 121 Å². The van der Waals surface area contributed by atoms with Gasteiger partial charge in [-0.2, -0.15) is 30.6 Å². The van der Waals surface area contributed by atoms with Gasteiger partial charge in [-0.1, -0.05) is 12.8 Å². The maximum absolute atomic E-state index is 12.9. The number of alkyl halides is 3. The highest BCUT2D eigenvalue weighted by atomic mass is 32.2. The Morgan fingerprint density at radius 2 is 1.90 bits per heavy atom. The van der Waals surface area contributed by atoms with Gasteiger partial charge >= 0.3 is 12.1 Å². The molecule has 1 aliphatic carbocycles. The van der Waals surface area contributed by atoms with Crippen molar-refractivity contribution in [2.75, 3.05) is 13.6 Å². The molecule has 0 aliphatic heterocycles. The lowest BCUT2D eigenvalue weighted by Gasteiger charge is -2.34. The third-order valence-corrected chi connectivity index (χ3v) is 5.14. The summed E-state index contributed by atoms with van der Waals surface area (Å²) in [6.07, 6.45) is -3.90. The molecule has 1 fully saturated rings. The second-order valence-electron chi connectivity index (χ2n) is 5.13. The van der Waals surface area contributed by atoms with Crippen LogP contribution in [0.2, 0.25) is 0 Å². The van der Waals surface area contributed by atoms with Crippen LogP contribution in [0.25, 0.3) is 0 Å². The fourth-order valence-corrected chi connectivity index (χ4v) is 3.49. The number of carboxylic acid groups (broad SMARTS) is 1. The number of carbonyl (C=O) groups is 1. The molecule has 0 aromatic heterocycles. The Hall–Kier alpha value is -0.870. The van der Waals surface area contributed by atoms with Crippen molar-refractivity contribution in [3.8, 4) is 0 Å². The largest absolute Gasteiger partial charge is 0.481 e. The van der Waals surface area contributed by atoms with Gasteiger partial charge in [-0.3, -0.25) is 4.79 Å². The minimum Gasteiger partial charge on any atom is -0.481 e. The molecule has 0 aromatic carbocycles. The first kappa shape index (κ1) is 18.2. The Morgan fingerprint density at radius 3 is 2.43 bits per heavy atom. The average molecular weight is 332 g/mol. The number of nitrogens with zero attached hydrogens (tertiary/aromatic N) is 1. The fraction of sp³-hybridized carbons (Fsp3) is 0.909. The van der Waals surface area contributed by atoms with Gasteiger partial charge in [0.25, 0.3) is 10.2 Å². The SMILES string of the molecule is CN(CCC(=O)O)S(=O)(=O)NC1CCCCC1C(F)(F)F. The van der Waals surface area contributed by atoms with Gasteiger partial charge in [-0.15, -0.1) is 0 Å². The van der Waals surface area contributed by atoms with Crippen LogP contribution in [0.3, 0.4) is 0 Å². The van der Waals surface area contributed by atoms with Crippen LogP contribution in [0.5, 0.6) is 0 Å². The van der Waals surface area contributed by atoms with E-state index >= 15 is 0 Å². The van der Waals surface area contributed by atoms with E-state index in [-0.39, 0.29) is 19.4 Å². The van der Waals surface area contributed by atoms with Crippen LogP contribution >= 0.6 is 0 Å². The minimum atomic E-state index is -4.45. The van der Waals surface area contributed by atoms with Crippen LogP contribution in [0.1, 0.15) is 32.1 Å². The summed E-state index contributed by atoms with van der Waals surface area (Å²) in [5.41, 5.74) is 0. The van der Waals surface area contributed by atoms with Gasteiger partial charge in [0.05, 0.1) is 12.3 Å². The van der Waals surface area contributed by atoms with Crippen molar-refractivity contribution < 1.29 is 31.5 Å². The molecule has 0 bridgehead atoms. The topological polar surface area (TPSA) is 86.7 Å². The summed E-state index contributed by atoms with van der Waals surface area (Å²) in [6, 6.07) is -1.20. The normalized spacial score (nSPS) is 24.2. The van der Waals surface area contributed by atoms with Crippen molar-refractivity contribution in [3.05, 3.63) is 0 Å². The first-order valence-corrected chi connectivity index (χ1v) is 8.00. The lowest BCUT2D eigenvalue weighted by molar-refractivity contribution is -0.187. The molecule has 0 aromatic rings. The highest BCUT2D eigenvalue weighted by molar-refractivity contribution is 7.87. The van der Waals surface area contributed by atoms with E-state index in [1.165, 1.54) is 0 Å². The zero-order valence-electron chi connectivity index (χ0n) is 11.6. The summed E-state index contributed by atoms with van der Waals surface area (Å²) >= 11 is 0. The lowest BCUT2D eigenvalue weighted by atomic mass is 9.85. The summed E-state index contributed by atoms with van der Waals surface area (Å²) in [5, 5.41) is 8.51. The number of hydrogen-bond donors (Lipinski definition) is 2. The maximum Gasteiger partial charge on any atom is 0.393 e. The molecule has 0 saturated heterocycles. The molecule has 10 heteroatoms. The van der Waals surface area contributed by atoms with Crippen LogP contribution in [0.15, 0.2) is 0 Å². The molecular formula is C11H19F3N2O4S. The summed E-state index contributed by atoms with van der Waals surface area (Å²) in [6.45, 7) is -0.298. The molecule has 21 heavy (non-hydrogen) atoms. The van der Waals surface area contributed by atoms with E-state index in [1.54, 1.807) is 0 Å². The predicted octanol–water partition coefficient (Wildman–Crippen LogP) is 1.35. The van der Waals surface area contributed by atoms with E-state index in [0.29, 0.717) is 12.8 Å². The molecule has 2 N–H and O–H groups in total. The zero-order valence-corrected chi connectivity index (χ0v) is 12.4. The smallest absolute Gasteiger partial charge is 0.393 e. The third-order valence-electron chi connectivity index (χ3n) is 3.54. The molecule has 124 valence electrons. The van der Waals surface area contributed by atoms with E-state index in [2.05, 4.69) is 4.72 Å². The fourth-order valence-electron chi connectivity index (χ4n) is 2.32. The van der Waals surface area contributed by atoms with Crippen LogP contribution in [0, 0.1) is 5.92 Å². The van der Waals surface area contributed by atoms with Crippen molar-refractivity contribution in [2.24, 2.45) is 5.92 Å². The molecule has 1 saturated carbocycles. The minimum absolute atomic E-state index is 0.102. The lowest BCUT2D eigenvalue weighted by Crippen LogP contribution is -2.51. The molecule has 0 amide bonds. The van der Waals surface area contributed by atoms with Crippen LogP contribution in [-0.4, -0.2) is 49.6 Å². The van der Waals surface area contributed by atoms with Crippen molar-refractivity contribution in [3.63, 3.8) is 0 Å². The molecule has 1 aliphatic rings.